The Bertz CT molecular complexity index is 1190. The molecule has 0 aliphatic rings. The fourth-order valence-corrected chi connectivity index (χ4v) is 4.06. The van der Waals surface area contributed by atoms with Crippen LogP contribution in [0.5, 0.6) is 0 Å². The third kappa shape index (κ3) is 5.01. The molecule has 1 nitrogen and oxygen atoms in total. The summed E-state index contributed by atoms with van der Waals surface area (Å²) in [4.78, 5) is 4.43. The summed E-state index contributed by atoms with van der Waals surface area (Å²) in [7, 11) is 0. The van der Waals surface area contributed by atoms with Crippen molar-refractivity contribution in [3.63, 3.8) is 0 Å². The second-order valence-corrected chi connectivity index (χ2v) is 8.19. The van der Waals surface area contributed by atoms with Crippen molar-refractivity contribution in [3.05, 3.63) is 90.1 Å². The van der Waals surface area contributed by atoms with Crippen LogP contribution in [0.4, 0.5) is 13.2 Å². The Hall–Kier alpha value is -3.14. The van der Waals surface area contributed by atoms with E-state index in [9.17, 15) is 13.2 Å². The number of nitrogens with zero attached hydrogens (tertiary/aromatic N) is 1. The maximum atomic E-state index is 13.7. The van der Waals surface area contributed by atoms with Gasteiger partial charge in [0.15, 0.2) is 0 Å². The molecule has 0 atom stereocenters. The van der Waals surface area contributed by atoms with Gasteiger partial charge in [-0.05, 0) is 59.2 Å². The number of hydrogen-bond donors (Lipinski definition) is 0. The van der Waals surface area contributed by atoms with Crippen molar-refractivity contribution < 1.29 is 13.2 Å². The summed E-state index contributed by atoms with van der Waals surface area (Å²) in [5.74, 6) is 0. The van der Waals surface area contributed by atoms with Crippen molar-refractivity contribution in [1.82, 2.24) is 4.98 Å². The van der Waals surface area contributed by atoms with E-state index in [0.29, 0.717) is 16.8 Å². The molecule has 0 saturated heterocycles. The highest BCUT2D eigenvalue weighted by atomic mass is 19.4. The van der Waals surface area contributed by atoms with Crippen molar-refractivity contribution in [2.75, 3.05) is 0 Å². The van der Waals surface area contributed by atoms with Crippen molar-refractivity contribution in [2.45, 2.75) is 45.2 Å². The van der Waals surface area contributed by atoms with Crippen LogP contribution in [-0.4, -0.2) is 4.98 Å². The maximum Gasteiger partial charge on any atom is 0.416 e. The number of rotatable bonds is 7. The van der Waals surface area contributed by atoms with Gasteiger partial charge >= 0.3 is 6.18 Å². The van der Waals surface area contributed by atoms with Crippen LogP contribution in [-0.2, 0) is 12.6 Å². The van der Waals surface area contributed by atoms with Crippen LogP contribution >= 0.6 is 0 Å². The summed E-state index contributed by atoms with van der Waals surface area (Å²) >= 11 is 0. The molecule has 0 fully saturated rings. The van der Waals surface area contributed by atoms with Crippen LogP contribution in [0.3, 0.4) is 0 Å². The van der Waals surface area contributed by atoms with Crippen molar-refractivity contribution in [3.8, 4) is 22.4 Å². The van der Waals surface area contributed by atoms with E-state index >= 15 is 0 Å². The molecule has 32 heavy (non-hydrogen) atoms. The molecular formula is C28H26F3N. The van der Waals surface area contributed by atoms with Gasteiger partial charge in [0.2, 0.25) is 0 Å². The minimum Gasteiger partial charge on any atom is -0.256 e. The lowest BCUT2D eigenvalue weighted by atomic mass is 9.95. The Labute approximate surface area is 186 Å². The average Bonchev–Trinajstić information content (AvgIpc) is 2.81. The Morgan fingerprint density at radius 1 is 0.750 bits per heavy atom. The molecular weight excluding hydrogens is 407 g/mol. The number of unbranched alkanes of at least 4 members (excludes halogenated alkanes) is 3. The van der Waals surface area contributed by atoms with Gasteiger partial charge in [-0.3, -0.25) is 4.98 Å². The highest BCUT2D eigenvalue weighted by molar-refractivity contribution is 5.95. The largest absolute Gasteiger partial charge is 0.416 e. The number of aromatic nitrogens is 1. The van der Waals surface area contributed by atoms with Crippen molar-refractivity contribution in [2.24, 2.45) is 0 Å². The number of benzene rings is 3. The molecule has 3 aromatic carbocycles. The lowest BCUT2D eigenvalue weighted by Gasteiger charge is -2.14. The molecule has 0 bridgehead atoms. The third-order valence-corrected chi connectivity index (χ3v) is 5.81. The zero-order valence-electron chi connectivity index (χ0n) is 18.1. The van der Waals surface area contributed by atoms with Gasteiger partial charge in [-0.2, -0.15) is 13.2 Å². The average molecular weight is 434 g/mol. The lowest BCUT2D eigenvalue weighted by Crippen LogP contribution is -2.05. The Morgan fingerprint density at radius 3 is 2.25 bits per heavy atom. The maximum absolute atomic E-state index is 13.7. The summed E-state index contributed by atoms with van der Waals surface area (Å²) in [6.07, 6.45) is 2.96. The van der Waals surface area contributed by atoms with Gasteiger partial charge in [0, 0.05) is 17.1 Å². The Morgan fingerprint density at radius 2 is 1.50 bits per heavy atom. The molecule has 0 aliphatic carbocycles. The highest BCUT2D eigenvalue weighted by Gasteiger charge is 2.31. The van der Waals surface area contributed by atoms with Gasteiger partial charge in [0.1, 0.15) is 0 Å². The Balaban J connectivity index is 1.73. The van der Waals surface area contributed by atoms with E-state index in [1.54, 1.807) is 12.3 Å². The standard InChI is InChI=1S/C28H26F3N/c1-2-3-4-5-8-20-11-13-21(14-12-20)23-17-24(19-25(18-23)28(29,30)31)27-26-10-7-6-9-22(26)15-16-32-27/h6-7,9-19H,2-5,8H2,1H3. The first-order chi connectivity index (χ1) is 15.5. The molecule has 0 unspecified atom stereocenters. The number of fused-ring (bicyclic) bond motifs is 1. The minimum atomic E-state index is -4.44. The van der Waals surface area contributed by atoms with E-state index in [4.69, 9.17) is 0 Å². The van der Waals surface area contributed by atoms with Gasteiger partial charge in [0.05, 0.1) is 11.3 Å². The molecule has 0 spiro atoms. The van der Waals surface area contributed by atoms with E-state index in [1.165, 1.54) is 37.0 Å². The molecule has 0 saturated carbocycles. The van der Waals surface area contributed by atoms with E-state index in [2.05, 4.69) is 11.9 Å². The first-order valence-corrected chi connectivity index (χ1v) is 11.1. The minimum absolute atomic E-state index is 0.468. The zero-order chi connectivity index (χ0) is 22.6. The molecule has 0 radical (unpaired) electrons. The third-order valence-electron chi connectivity index (χ3n) is 5.81. The first-order valence-electron chi connectivity index (χ1n) is 11.1. The van der Waals surface area contributed by atoms with Gasteiger partial charge in [0.25, 0.3) is 0 Å². The van der Waals surface area contributed by atoms with E-state index in [1.807, 2.05) is 54.6 Å². The van der Waals surface area contributed by atoms with Crippen LogP contribution in [0.25, 0.3) is 33.2 Å². The molecule has 1 aromatic heterocycles. The predicted molar refractivity (Wildman–Crippen MR) is 125 cm³/mol. The van der Waals surface area contributed by atoms with Crippen molar-refractivity contribution in [1.29, 1.82) is 0 Å². The fraction of sp³-hybridized carbons (Fsp3) is 0.250. The first kappa shape index (κ1) is 22.1. The van der Waals surface area contributed by atoms with Gasteiger partial charge in [-0.25, -0.2) is 0 Å². The van der Waals surface area contributed by atoms with E-state index in [0.717, 1.165) is 29.2 Å². The normalized spacial score (nSPS) is 11.8. The number of aryl methyl sites for hydroxylation is 1. The van der Waals surface area contributed by atoms with E-state index < -0.39 is 11.7 Å². The molecule has 4 aromatic rings. The molecule has 4 heteroatoms. The molecule has 0 aliphatic heterocycles. The quantitative estimate of drug-likeness (QED) is 0.266. The molecule has 0 amide bonds. The number of pyridine rings is 1. The number of halogens is 3. The number of alkyl halides is 3. The van der Waals surface area contributed by atoms with Gasteiger partial charge in [-0.15, -0.1) is 0 Å². The van der Waals surface area contributed by atoms with Crippen LogP contribution in [0.15, 0.2) is 79.0 Å². The molecule has 0 N–H and O–H groups in total. The van der Waals surface area contributed by atoms with Crippen LogP contribution in [0.2, 0.25) is 0 Å². The van der Waals surface area contributed by atoms with Gasteiger partial charge < -0.3 is 0 Å². The fourth-order valence-electron chi connectivity index (χ4n) is 4.06. The molecule has 4 rings (SSSR count). The van der Waals surface area contributed by atoms with Crippen molar-refractivity contribution >= 4 is 10.8 Å². The summed E-state index contributed by atoms with van der Waals surface area (Å²) in [5.41, 5.74) is 2.89. The Kier molecular flexibility index (Phi) is 6.59. The summed E-state index contributed by atoms with van der Waals surface area (Å²) in [6, 6.07) is 21.6. The van der Waals surface area contributed by atoms with Gasteiger partial charge in [-0.1, -0.05) is 74.7 Å². The predicted octanol–water partition coefficient (Wildman–Crippen LogP) is 8.71. The molecule has 1 heterocycles. The summed E-state index contributed by atoms with van der Waals surface area (Å²) in [6.45, 7) is 2.19. The second kappa shape index (κ2) is 9.56. The van der Waals surface area contributed by atoms with E-state index in [-0.39, 0.29) is 0 Å². The smallest absolute Gasteiger partial charge is 0.256 e. The molecule has 164 valence electrons. The van der Waals surface area contributed by atoms with Crippen LogP contribution < -0.4 is 0 Å². The summed E-state index contributed by atoms with van der Waals surface area (Å²) in [5, 5.41) is 1.78. The highest BCUT2D eigenvalue weighted by Crippen LogP contribution is 2.37. The zero-order valence-corrected chi connectivity index (χ0v) is 18.1. The van der Waals surface area contributed by atoms with Crippen LogP contribution in [0, 0.1) is 0 Å². The second-order valence-electron chi connectivity index (χ2n) is 8.19. The monoisotopic (exact) mass is 433 g/mol. The lowest BCUT2D eigenvalue weighted by molar-refractivity contribution is -0.137. The number of hydrogen-bond acceptors (Lipinski definition) is 1. The summed E-state index contributed by atoms with van der Waals surface area (Å²) < 4.78 is 41.2. The van der Waals surface area contributed by atoms with Crippen LogP contribution in [0.1, 0.15) is 43.7 Å². The SMILES string of the molecule is CCCCCCc1ccc(-c2cc(-c3nccc4ccccc34)cc(C(F)(F)F)c2)cc1. The topological polar surface area (TPSA) is 12.9 Å².